The Balaban J connectivity index is 2.03. The van der Waals surface area contributed by atoms with Crippen molar-refractivity contribution in [3.63, 3.8) is 0 Å². The zero-order chi connectivity index (χ0) is 15.2. The summed E-state index contributed by atoms with van der Waals surface area (Å²) in [5, 5.41) is 11.1. The predicted molar refractivity (Wildman–Crippen MR) is 80.0 cm³/mol. The molecule has 1 amide bonds. The fourth-order valence-electron chi connectivity index (χ4n) is 2.96. The van der Waals surface area contributed by atoms with Gasteiger partial charge in [0.15, 0.2) is 0 Å². The number of aryl methyl sites for hydroxylation is 1. The zero-order valence-electron chi connectivity index (χ0n) is 12.3. The third-order valence-electron chi connectivity index (χ3n) is 3.84. The van der Waals surface area contributed by atoms with Crippen LogP contribution in [-0.2, 0) is 16.0 Å². The summed E-state index contributed by atoms with van der Waals surface area (Å²) in [4.78, 5) is 24.5. The van der Waals surface area contributed by atoms with Gasteiger partial charge in [0.05, 0.1) is 6.54 Å². The molecule has 5 heteroatoms. The molecule has 1 aromatic rings. The van der Waals surface area contributed by atoms with E-state index in [1.807, 2.05) is 12.1 Å². The molecule has 0 fully saturated rings. The Hall–Kier alpha value is -1.88. The minimum Gasteiger partial charge on any atom is -0.480 e. The first-order valence-electron chi connectivity index (χ1n) is 7.42. The number of aliphatic carboxylic acids is 1. The summed E-state index contributed by atoms with van der Waals surface area (Å²) in [6, 6.07) is 8.61. The lowest BCUT2D eigenvalue weighted by atomic mass is 10.1. The number of hydrogen-bond donors (Lipinski definition) is 2. The number of benzene rings is 1. The molecule has 0 radical (unpaired) electrons. The van der Waals surface area contributed by atoms with E-state index in [0.717, 1.165) is 25.8 Å². The lowest BCUT2D eigenvalue weighted by Crippen LogP contribution is -2.40. The number of hydrogen-bond acceptors (Lipinski definition) is 3. The lowest BCUT2D eigenvalue weighted by molar-refractivity contribution is -0.138. The number of carbonyl (C=O) groups excluding carboxylic acids is 1. The Morgan fingerprint density at radius 2 is 2.14 bits per heavy atom. The molecule has 1 aliphatic rings. The summed E-state index contributed by atoms with van der Waals surface area (Å²) in [5.41, 5.74) is 2.66. The minimum atomic E-state index is -1.02. The van der Waals surface area contributed by atoms with Crippen molar-refractivity contribution < 1.29 is 14.7 Å². The van der Waals surface area contributed by atoms with Crippen molar-refractivity contribution in [1.29, 1.82) is 0 Å². The number of amides is 1. The highest BCUT2D eigenvalue weighted by Crippen LogP contribution is 2.35. The molecule has 0 bridgehead atoms. The van der Waals surface area contributed by atoms with E-state index in [1.165, 1.54) is 11.1 Å². The molecule has 1 aromatic carbocycles. The van der Waals surface area contributed by atoms with Gasteiger partial charge in [0.2, 0.25) is 5.91 Å². The Kier molecular flexibility index (Phi) is 5.33. The van der Waals surface area contributed by atoms with Gasteiger partial charge in [-0.15, -0.1) is 0 Å². The number of nitrogens with one attached hydrogen (secondary N) is 1. The summed E-state index contributed by atoms with van der Waals surface area (Å²) >= 11 is 0. The Morgan fingerprint density at radius 1 is 1.38 bits per heavy atom. The van der Waals surface area contributed by atoms with Crippen LogP contribution >= 0.6 is 0 Å². The van der Waals surface area contributed by atoms with Gasteiger partial charge >= 0.3 is 5.97 Å². The van der Waals surface area contributed by atoms with Crippen molar-refractivity contribution in [3.8, 4) is 0 Å². The molecule has 114 valence electrons. The van der Waals surface area contributed by atoms with Crippen LogP contribution in [0.25, 0.3) is 0 Å². The molecule has 0 spiro atoms. The molecule has 0 saturated carbocycles. The first-order valence-corrected chi connectivity index (χ1v) is 7.42. The van der Waals surface area contributed by atoms with E-state index in [2.05, 4.69) is 29.3 Å². The number of carboxylic acid groups (broad SMARTS) is 1. The molecule has 0 heterocycles. The SMILES string of the molecule is CCCN(CC(=O)NCC(=O)O)C1CCc2ccccc21. The van der Waals surface area contributed by atoms with Gasteiger partial charge in [-0.1, -0.05) is 31.2 Å². The monoisotopic (exact) mass is 290 g/mol. The Morgan fingerprint density at radius 3 is 2.86 bits per heavy atom. The Bertz CT molecular complexity index is 516. The Labute approximate surface area is 125 Å². The predicted octanol–water partition coefficient (Wildman–Crippen LogP) is 1.59. The van der Waals surface area contributed by atoms with E-state index in [9.17, 15) is 9.59 Å². The molecule has 1 unspecified atom stereocenters. The molecule has 2 rings (SSSR count). The standard InChI is InChI=1S/C16H22N2O3/c1-2-9-18(11-15(19)17-10-16(20)21)14-8-7-12-5-3-4-6-13(12)14/h3-6,14H,2,7-11H2,1H3,(H,17,19)(H,20,21). The van der Waals surface area contributed by atoms with Crippen LogP contribution in [0.2, 0.25) is 0 Å². The highest BCUT2D eigenvalue weighted by Gasteiger charge is 2.28. The van der Waals surface area contributed by atoms with Crippen molar-refractivity contribution in [2.24, 2.45) is 0 Å². The van der Waals surface area contributed by atoms with Crippen molar-refractivity contribution in [3.05, 3.63) is 35.4 Å². The number of carbonyl (C=O) groups is 2. The van der Waals surface area contributed by atoms with Crippen LogP contribution in [0.4, 0.5) is 0 Å². The normalized spacial score (nSPS) is 16.8. The van der Waals surface area contributed by atoms with Crippen LogP contribution in [0.1, 0.15) is 36.9 Å². The quantitative estimate of drug-likeness (QED) is 0.800. The second-order valence-corrected chi connectivity index (χ2v) is 5.39. The molecule has 5 nitrogen and oxygen atoms in total. The maximum absolute atomic E-state index is 11.9. The fraction of sp³-hybridized carbons (Fsp3) is 0.500. The van der Waals surface area contributed by atoms with E-state index < -0.39 is 5.97 Å². The summed E-state index contributed by atoms with van der Waals surface area (Å²) in [6.07, 6.45) is 3.02. The smallest absolute Gasteiger partial charge is 0.322 e. The van der Waals surface area contributed by atoms with Gasteiger partial charge < -0.3 is 10.4 Å². The number of fused-ring (bicyclic) bond motifs is 1. The van der Waals surface area contributed by atoms with Crippen LogP contribution < -0.4 is 5.32 Å². The third kappa shape index (κ3) is 4.04. The van der Waals surface area contributed by atoms with Crippen molar-refractivity contribution in [2.45, 2.75) is 32.2 Å². The zero-order valence-corrected chi connectivity index (χ0v) is 12.3. The second kappa shape index (κ2) is 7.22. The van der Waals surface area contributed by atoms with E-state index in [4.69, 9.17) is 5.11 Å². The number of carboxylic acids is 1. The maximum Gasteiger partial charge on any atom is 0.322 e. The van der Waals surface area contributed by atoms with Gasteiger partial charge in [0.1, 0.15) is 6.54 Å². The first kappa shape index (κ1) is 15.5. The highest BCUT2D eigenvalue weighted by molar-refractivity contribution is 5.82. The molecule has 2 N–H and O–H groups in total. The summed E-state index contributed by atoms with van der Waals surface area (Å²) in [7, 11) is 0. The summed E-state index contributed by atoms with van der Waals surface area (Å²) in [5.74, 6) is -1.24. The number of rotatable bonds is 7. The molecule has 0 saturated heterocycles. The van der Waals surface area contributed by atoms with Crippen molar-refractivity contribution >= 4 is 11.9 Å². The molecule has 0 aromatic heterocycles. The maximum atomic E-state index is 11.9. The molecular weight excluding hydrogens is 268 g/mol. The van der Waals surface area contributed by atoms with Crippen LogP contribution in [0.3, 0.4) is 0 Å². The van der Waals surface area contributed by atoms with E-state index in [0.29, 0.717) is 0 Å². The van der Waals surface area contributed by atoms with Crippen LogP contribution in [0.5, 0.6) is 0 Å². The average Bonchev–Trinajstić information content (AvgIpc) is 2.88. The average molecular weight is 290 g/mol. The van der Waals surface area contributed by atoms with E-state index in [1.54, 1.807) is 0 Å². The molecular formula is C16H22N2O3. The van der Waals surface area contributed by atoms with E-state index in [-0.39, 0.29) is 25.0 Å². The molecule has 0 aliphatic heterocycles. The first-order chi connectivity index (χ1) is 10.1. The molecule has 1 atom stereocenters. The molecule has 1 aliphatic carbocycles. The summed E-state index contributed by atoms with van der Waals surface area (Å²) < 4.78 is 0. The highest BCUT2D eigenvalue weighted by atomic mass is 16.4. The van der Waals surface area contributed by atoms with Crippen molar-refractivity contribution in [2.75, 3.05) is 19.6 Å². The minimum absolute atomic E-state index is 0.227. The van der Waals surface area contributed by atoms with Crippen LogP contribution in [0.15, 0.2) is 24.3 Å². The van der Waals surface area contributed by atoms with Crippen molar-refractivity contribution in [1.82, 2.24) is 10.2 Å². The topological polar surface area (TPSA) is 69.6 Å². The van der Waals surface area contributed by atoms with Gasteiger partial charge in [-0.3, -0.25) is 14.5 Å². The van der Waals surface area contributed by atoms with Gasteiger partial charge in [0, 0.05) is 6.04 Å². The fourth-order valence-corrected chi connectivity index (χ4v) is 2.96. The summed E-state index contributed by atoms with van der Waals surface area (Å²) in [6.45, 7) is 2.85. The third-order valence-corrected chi connectivity index (χ3v) is 3.84. The van der Waals surface area contributed by atoms with Gasteiger partial charge in [0.25, 0.3) is 0 Å². The molecule has 21 heavy (non-hydrogen) atoms. The largest absolute Gasteiger partial charge is 0.480 e. The van der Waals surface area contributed by atoms with Crippen LogP contribution in [-0.4, -0.2) is 41.5 Å². The van der Waals surface area contributed by atoms with Gasteiger partial charge in [-0.05, 0) is 36.9 Å². The van der Waals surface area contributed by atoms with Gasteiger partial charge in [-0.2, -0.15) is 0 Å². The second-order valence-electron chi connectivity index (χ2n) is 5.39. The van der Waals surface area contributed by atoms with E-state index >= 15 is 0 Å². The lowest BCUT2D eigenvalue weighted by Gasteiger charge is -2.28. The van der Waals surface area contributed by atoms with Gasteiger partial charge in [-0.25, -0.2) is 0 Å². The number of nitrogens with zero attached hydrogens (tertiary/aromatic N) is 1. The van der Waals surface area contributed by atoms with Crippen LogP contribution in [0, 0.1) is 0 Å².